The van der Waals surface area contributed by atoms with Crippen LogP contribution >= 0.6 is 0 Å². The molecule has 7 nitrogen and oxygen atoms in total. The number of carbonyl (C=O) groups excluding carboxylic acids is 1. The molecule has 4 rings (SSSR count). The molecule has 0 aliphatic carbocycles. The van der Waals surface area contributed by atoms with Crippen LogP contribution in [0.4, 0.5) is 26.7 Å². The summed E-state index contributed by atoms with van der Waals surface area (Å²) < 4.78 is 82.5. The second kappa shape index (κ2) is 12.2. The lowest BCUT2D eigenvalue weighted by atomic mass is 9.87. The first kappa shape index (κ1) is 28.6. The highest BCUT2D eigenvalue weighted by Crippen LogP contribution is 2.44. The average Bonchev–Trinajstić information content (AvgIpc) is 3.27. The van der Waals surface area contributed by atoms with Crippen LogP contribution in [0, 0.1) is 11.6 Å². The molecule has 1 aliphatic heterocycles. The topological polar surface area (TPSA) is 86.8 Å². The molecule has 39 heavy (non-hydrogen) atoms. The molecule has 3 aromatic rings. The molecule has 0 bridgehead atoms. The minimum Gasteiger partial charge on any atom is -0.487 e. The molecule has 0 unspecified atom stereocenters. The number of hydrogen-bond acceptors (Lipinski definition) is 5. The number of alkyl carbamates (subject to hydrolysis) is 1. The van der Waals surface area contributed by atoms with Crippen LogP contribution in [0.5, 0.6) is 5.75 Å². The zero-order valence-electron chi connectivity index (χ0n) is 21.3. The number of alkyl halides is 3. The maximum atomic E-state index is 15.9. The second-order valence-electron chi connectivity index (χ2n) is 9.43. The Morgan fingerprint density at radius 3 is 2.72 bits per heavy atom. The summed E-state index contributed by atoms with van der Waals surface area (Å²) >= 11 is 0. The van der Waals surface area contributed by atoms with Crippen LogP contribution in [0.25, 0.3) is 10.9 Å². The van der Waals surface area contributed by atoms with Crippen LogP contribution in [0.1, 0.15) is 36.2 Å². The van der Waals surface area contributed by atoms with Crippen LogP contribution in [0.2, 0.25) is 0 Å². The minimum atomic E-state index is -3.51. The van der Waals surface area contributed by atoms with E-state index in [1.165, 1.54) is 4.90 Å². The Labute approximate surface area is 221 Å². The molecule has 12 heteroatoms. The monoisotopic (exact) mass is 555 g/mol. The molecule has 3 N–H and O–H groups in total. The Kier molecular flexibility index (Phi) is 8.96. The number of H-pyrrole nitrogens is 1. The number of benzene rings is 2. The van der Waals surface area contributed by atoms with Crippen molar-refractivity contribution in [2.24, 2.45) is 0 Å². The molecule has 1 aliphatic rings. The van der Waals surface area contributed by atoms with Crippen LogP contribution < -0.4 is 10.1 Å². The third kappa shape index (κ3) is 6.27. The van der Waals surface area contributed by atoms with Gasteiger partial charge in [0.25, 0.3) is 5.92 Å². The minimum absolute atomic E-state index is 0.0908. The van der Waals surface area contributed by atoms with E-state index in [1.807, 2.05) is 12.1 Å². The van der Waals surface area contributed by atoms with Gasteiger partial charge in [-0.15, -0.1) is 0 Å². The second-order valence-corrected chi connectivity index (χ2v) is 9.43. The third-order valence-electron chi connectivity index (χ3n) is 6.68. The number of carbonyl (C=O) groups is 1. The van der Waals surface area contributed by atoms with E-state index in [4.69, 9.17) is 9.47 Å². The summed E-state index contributed by atoms with van der Waals surface area (Å²) in [7, 11) is 0. The number of amides is 1. The smallest absolute Gasteiger partial charge is 0.407 e. The van der Waals surface area contributed by atoms with Crippen LogP contribution in [0.15, 0.2) is 36.4 Å². The quantitative estimate of drug-likeness (QED) is 0.232. The SMILES string of the molecule is C[C@@H]1Cc2c([nH]c3ccccc23)[C@@H](c2c(F)ccc(OCCOC(=O)NCCCF)c2F)N1CC(F)(F)CO. The van der Waals surface area contributed by atoms with Crippen molar-refractivity contribution in [2.75, 3.05) is 39.6 Å². The van der Waals surface area contributed by atoms with Crippen molar-refractivity contribution < 1.29 is 41.3 Å². The van der Waals surface area contributed by atoms with Gasteiger partial charge in [0, 0.05) is 29.2 Å². The number of rotatable bonds is 11. The van der Waals surface area contributed by atoms with Crippen molar-refractivity contribution in [2.45, 2.75) is 37.8 Å². The molecule has 0 fully saturated rings. The lowest BCUT2D eigenvalue weighted by Gasteiger charge is -2.42. The Balaban J connectivity index is 1.66. The van der Waals surface area contributed by atoms with E-state index < -0.39 is 61.1 Å². The Bertz CT molecular complexity index is 1300. The Morgan fingerprint density at radius 2 is 1.97 bits per heavy atom. The van der Waals surface area contributed by atoms with Gasteiger partial charge in [-0.1, -0.05) is 18.2 Å². The van der Waals surface area contributed by atoms with Gasteiger partial charge in [0.15, 0.2) is 11.6 Å². The summed E-state index contributed by atoms with van der Waals surface area (Å²) in [6.07, 6.45) is -0.314. The number of nitrogens with zero attached hydrogens (tertiary/aromatic N) is 1. The number of halogens is 5. The van der Waals surface area contributed by atoms with E-state index in [-0.39, 0.29) is 31.9 Å². The van der Waals surface area contributed by atoms with Crippen molar-refractivity contribution in [3.63, 3.8) is 0 Å². The van der Waals surface area contributed by atoms with Gasteiger partial charge < -0.3 is 24.9 Å². The van der Waals surface area contributed by atoms with Crippen molar-refractivity contribution in [1.29, 1.82) is 0 Å². The Hall–Kier alpha value is -3.38. The number of aromatic nitrogens is 1. The zero-order valence-corrected chi connectivity index (χ0v) is 21.3. The van der Waals surface area contributed by atoms with Gasteiger partial charge in [0.05, 0.1) is 24.8 Å². The summed E-state index contributed by atoms with van der Waals surface area (Å²) in [4.78, 5) is 16.0. The van der Waals surface area contributed by atoms with Gasteiger partial charge in [-0.05, 0) is 43.5 Å². The summed E-state index contributed by atoms with van der Waals surface area (Å²) in [6, 6.07) is 7.50. The molecule has 0 saturated carbocycles. The van der Waals surface area contributed by atoms with E-state index >= 15 is 8.78 Å². The molecule has 212 valence electrons. The van der Waals surface area contributed by atoms with Crippen molar-refractivity contribution in [3.05, 3.63) is 64.9 Å². The van der Waals surface area contributed by atoms with Crippen LogP contribution in [-0.4, -0.2) is 72.6 Å². The molecular weight excluding hydrogens is 525 g/mol. The standard InChI is InChI=1S/C27H30F5N3O4/c1-16-13-18-17-5-2-3-6-20(17)34-24(18)25(35(16)14-27(31,32)15-36)22-19(29)7-8-21(23(22)30)38-11-12-39-26(37)33-10-4-9-28/h2-3,5-8,16,25,34,36H,4,9-15H2,1H3,(H,33,37)/t16-,25-/m1/s1. The van der Waals surface area contributed by atoms with E-state index in [0.29, 0.717) is 17.6 Å². The first-order valence-electron chi connectivity index (χ1n) is 12.6. The fraction of sp³-hybridized carbons (Fsp3) is 0.444. The molecule has 0 radical (unpaired) electrons. The van der Waals surface area contributed by atoms with Gasteiger partial charge in [-0.2, -0.15) is 0 Å². The number of aromatic amines is 1. The lowest BCUT2D eigenvalue weighted by molar-refractivity contribution is -0.0869. The molecule has 2 aromatic carbocycles. The van der Waals surface area contributed by atoms with Crippen LogP contribution in [-0.2, 0) is 11.2 Å². The number of nitrogens with one attached hydrogen (secondary N) is 2. The number of aliphatic hydroxyl groups is 1. The van der Waals surface area contributed by atoms with E-state index in [1.54, 1.807) is 19.1 Å². The Morgan fingerprint density at radius 1 is 1.21 bits per heavy atom. The third-order valence-corrected chi connectivity index (χ3v) is 6.68. The number of aliphatic hydroxyl groups excluding tert-OH is 1. The number of ether oxygens (including phenoxy) is 2. The maximum absolute atomic E-state index is 15.9. The fourth-order valence-electron chi connectivity index (χ4n) is 4.89. The number of fused-ring (bicyclic) bond motifs is 3. The highest BCUT2D eigenvalue weighted by atomic mass is 19.3. The first-order chi connectivity index (χ1) is 18.7. The molecule has 1 aromatic heterocycles. The molecular formula is C27H30F5N3O4. The molecule has 1 amide bonds. The highest BCUT2D eigenvalue weighted by molar-refractivity contribution is 5.85. The van der Waals surface area contributed by atoms with Gasteiger partial charge >= 0.3 is 6.09 Å². The highest BCUT2D eigenvalue weighted by Gasteiger charge is 2.43. The van der Waals surface area contributed by atoms with E-state index in [9.17, 15) is 23.1 Å². The van der Waals surface area contributed by atoms with Gasteiger partial charge in [-0.25, -0.2) is 22.4 Å². The summed E-state index contributed by atoms with van der Waals surface area (Å²) in [5, 5.41) is 12.4. The molecule has 2 atom stereocenters. The normalized spacial score (nSPS) is 17.7. The predicted molar refractivity (Wildman–Crippen MR) is 134 cm³/mol. The van der Waals surface area contributed by atoms with Crippen LogP contribution in [0.3, 0.4) is 0 Å². The van der Waals surface area contributed by atoms with E-state index in [0.717, 1.165) is 23.1 Å². The summed E-state index contributed by atoms with van der Waals surface area (Å²) in [6.45, 7) is -1.70. The van der Waals surface area contributed by atoms with Crippen molar-refractivity contribution in [3.8, 4) is 5.75 Å². The molecule has 0 spiro atoms. The average molecular weight is 556 g/mol. The maximum Gasteiger partial charge on any atom is 0.407 e. The summed E-state index contributed by atoms with van der Waals surface area (Å²) in [5.74, 6) is -5.90. The molecule has 0 saturated heterocycles. The number of para-hydroxylation sites is 1. The van der Waals surface area contributed by atoms with Gasteiger partial charge in [0.2, 0.25) is 0 Å². The summed E-state index contributed by atoms with van der Waals surface area (Å²) in [5.41, 5.74) is 1.37. The largest absolute Gasteiger partial charge is 0.487 e. The zero-order chi connectivity index (χ0) is 28.2. The molecule has 2 heterocycles. The van der Waals surface area contributed by atoms with Crippen molar-refractivity contribution in [1.82, 2.24) is 15.2 Å². The predicted octanol–water partition coefficient (Wildman–Crippen LogP) is 4.87. The van der Waals surface area contributed by atoms with Gasteiger partial charge in [-0.3, -0.25) is 9.29 Å². The first-order valence-corrected chi connectivity index (χ1v) is 12.6. The van der Waals surface area contributed by atoms with Crippen molar-refractivity contribution >= 4 is 17.0 Å². The van der Waals surface area contributed by atoms with Gasteiger partial charge in [0.1, 0.15) is 25.6 Å². The lowest BCUT2D eigenvalue weighted by Crippen LogP contribution is -2.49. The fourth-order valence-corrected chi connectivity index (χ4v) is 4.89. The number of hydrogen-bond donors (Lipinski definition) is 3. The van der Waals surface area contributed by atoms with E-state index in [2.05, 4.69) is 10.3 Å².